The topological polar surface area (TPSA) is 103 Å². The van der Waals surface area contributed by atoms with Crippen molar-refractivity contribution in [2.24, 2.45) is 0 Å². The van der Waals surface area contributed by atoms with Crippen molar-refractivity contribution in [1.82, 2.24) is 19.3 Å². The molecule has 0 radical (unpaired) electrons. The van der Waals surface area contributed by atoms with E-state index in [1.165, 1.54) is 6.07 Å². The fraction of sp³-hybridized carbons (Fsp3) is 0.119. The van der Waals surface area contributed by atoms with Crippen molar-refractivity contribution in [3.8, 4) is 33.8 Å². The third kappa shape index (κ3) is 7.02. The van der Waals surface area contributed by atoms with E-state index in [1.807, 2.05) is 91.9 Å². The zero-order valence-electron chi connectivity index (χ0n) is 28.5. The number of rotatable bonds is 10. The molecule has 0 unspecified atom stereocenters. The number of carbonyl (C=O) groups excluding carboxylic acids is 1. The number of para-hydroxylation sites is 2. The van der Waals surface area contributed by atoms with Gasteiger partial charge in [-0.2, -0.15) is 0 Å². The van der Waals surface area contributed by atoms with Crippen LogP contribution in [0.15, 0.2) is 138 Å². The maximum atomic E-state index is 14.1. The van der Waals surface area contributed by atoms with Crippen LogP contribution in [0.3, 0.4) is 0 Å². The molecule has 5 aromatic carbocycles. The van der Waals surface area contributed by atoms with Crippen molar-refractivity contribution in [3.05, 3.63) is 162 Å². The highest BCUT2D eigenvalue weighted by Gasteiger charge is 2.25. The number of aromatic nitrogens is 3. The van der Waals surface area contributed by atoms with Crippen LogP contribution in [0, 0.1) is 13.8 Å². The fourth-order valence-electron chi connectivity index (χ4n) is 6.25. The van der Waals surface area contributed by atoms with Gasteiger partial charge in [-0.15, -0.1) is 0 Å². The Labute approximate surface area is 297 Å². The number of nitrogens with one attached hydrogen (secondary N) is 1. The Morgan fingerprint density at radius 2 is 1.41 bits per heavy atom. The van der Waals surface area contributed by atoms with Crippen LogP contribution < -0.4 is 9.46 Å². The summed E-state index contributed by atoms with van der Waals surface area (Å²) in [6.07, 6.45) is 0.759. The number of amides is 1. The summed E-state index contributed by atoms with van der Waals surface area (Å²) < 4.78 is 38.5. The molecule has 7 rings (SSSR count). The fourth-order valence-corrected chi connectivity index (χ4v) is 7.42. The van der Waals surface area contributed by atoms with E-state index in [0.29, 0.717) is 23.4 Å². The number of fused-ring (bicyclic) bond motifs is 1. The number of imidazole rings is 1. The first-order chi connectivity index (χ1) is 24.7. The normalized spacial score (nSPS) is 11.4. The molecule has 0 spiro atoms. The van der Waals surface area contributed by atoms with E-state index in [1.54, 1.807) is 42.5 Å². The molecular formula is C42H36N4O4S. The molecular weight excluding hydrogens is 657 g/mol. The highest BCUT2D eigenvalue weighted by atomic mass is 32.2. The van der Waals surface area contributed by atoms with Gasteiger partial charge in [0.25, 0.3) is 15.9 Å². The van der Waals surface area contributed by atoms with Gasteiger partial charge < -0.3 is 9.30 Å². The number of aryl methyl sites for hydroxylation is 3. The van der Waals surface area contributed by atoms with Crippen molar-refractivity contribution < 1.29 is 17.9 Å². The Morgan fingerprint density at radius 3 is 2.14 bits per heavy atom. The van der Waals surface area contributed by atoms with Crippen LogP contribution in [0.4, 0.5) is 0 Å². The zero-order chi connectivity index (χ0) is 35.5. The van der Waals surface area contributed by atoms with E-state index >= 15 is 0 Å². The van der Waals surface area contributed by atoms with Gasteiger partial charge in [-0.05, 0) is 84.1 Å². The second-order valence-electron chi connectivity index (χ2n) is 12.3. The zero-order valence-corrected chi connectivity index (χ0v) is 29.3. The molecule has 7 aromatic rings. The lowest BCUT2D eigenvalue weighted by molar-refractivity contribution is 0.0979. The Kier molecular flexibility index (Phi) is 9.21. The number of carbonyl (C=O) groups is 1. The van der Waals surface area contributed by atoms with E-state index in [2.05, 4.69) is 23.1 Å². The summed E-state index contributed by atoms with van der Waals surface area (Å²) in [6, 6.07) is 40.3. The Hall–Kier alpha value is -6.06. The van der Waals surface area contributed by atoms with Crippen molar-refractivity contribution in [3.63, 3.8) is 0 Å². The third-order valence-electron chi connectivity index (χ3n) is 8.73. The second-order valence-corrected chi connectivity index (χ2v) is 14.0. The molecule has 0 aliphatic heterocycles. The van der Waals surface area contributed by atoms with Crippen molar-refractivity contribution >= 4 is 27.1 Å². The lowest BCUT2D eigenvalue weighted by Gasteiger charge is -2.16. The van der Waals surface area contributed by atoms with Crippen LogP contribution in [0.1, 0.15) is 39.9 Å². The summed E-state index contributed by atoms with van der Waals surface area (Å²) in [5.74, 6) is 0.916. The molecule has 0 saturated heterocycles. The Morgan fingerprint density at radius 1 is 0.745 bits per heavy atom. The predicted molar refractivity (Wildman–Crippen MR) is 200 cm³/mol. The summed E-state index contributed by atoms with van der Waals surface area (Å²) in [5.41, 5.74) is 7.82. The van der Waals surface area contributed by atoms with Crippen LogP contribution >= 0.6 is 0 Å². The first-order valence-corrected chi connectivity index (χ1v) is 18.2. The van der Waals surface area contributed by atoms with E-state index in [-0.39, 0.29) is 16.2 Å². The number of sulfonamides is 1. The molecule has 254 valence electrons. The molecule has 1 N–H and O–H groups in total. The van der Waals surface area contributed by atoms with Crippen LogP contribution in [-0.4, -0.2) is 28.9 Å². The number of ether oxygens (including phenoxy) is 1. The molecule has 0 saturated carbocycles. The van der Waals surface area contributed by atoms with Gasteiger partial charge in [0.1, 0.15) is 22.8 Å². The summed E-state index contributed by atoms with van der Waals surface area (Å²) in [4.78, 5) is 23.2. The number of hydrogen-bond donors (Lipinski definition) is 1. The number of pyridine rings is 1. The van der Waals surface area contributed by atoms with Gasteiger partial charge in [0.2, 0.25) is 0 Å². The lowest BCUT2D eigenvalue weighted by atomic mass is 9.98. The highest BCUT2D eigenvalue weighted by molar-refractivity contribution is 7.90. The molecule has 8 nitrogen and oxygen atoms in total. The summed E-state index contributed by atoms with van der Waals surface area (Å²) >= 11 is 0. The molecule has 2 heterocycles. The van der Waals surface area contributed by atoms with E-state index in [0.717, 1.165) is 51.4 Å². The SMILES string of the molecule is CCc1nc2c(C)cc(C)nc2n1Cc1ccc(-c2cc(-c3ccccc3)ccc2S(=O)(=O)NC(=O)c2ccccc2Oc2ccccc2)cc1. The predicted octanol–water partition coefficient (Wildman–Crippen LogP) is 8.90. The van der Waals surface area contributed by atoms with Crippen LogP contribution in [-0.2, 0) is 23.0 Å². The van der Waals surface area contributed by atoms with Gasteiger partial charge in [0.05, 0.1) is 17.0 Å². The largest absolute Gasteiger partial charge is 0.457 e. The molecule has 51 heavy (non-hydrogen) atoms. The van der Waals surface area contributed by atoms with Gasteiger partial charge in [-0.1, -0.05) is 97.9 Å². The minimum Gasteiger partial charge on any atom is -0.457 e. The van der Waals surface area contributed by atoms with Crippen LogP contribution in [0.5, 0.6) is 11.5 Å². The second kappa shape index (κ2) is 14.0. The minimum atomic E-state index is -4.34. The first kappa shape index (κ1) is 33.4. The van der Waals surface area contributed by atoms with E-state index < -0.39 is 15.9 Å². The first-order valence-electron chi connectivity index (χ1n) is 16.7. The van der Waals surface area contributed by atoms with Crippen LogP contribution in [0.25, 0.3) is 33.4 Å². The molecule has 0 aliphatic rings. The summed E-state index contributed by atoms with van der Waals surface area (Å²) in [5, 5.41) is 0. The molecule has 0 atom stereocenters. The molecule has 2 aromatic heterocycles. The standard InChI is InChI=1S/C42H36N4O4S/c1-4-39-44-40-28(2)25-29(3)43-41(40)46(39)27-30-19-21-32(22-20-30)36-26-33(31-13-7-5-8-14-31)23-24-38(36)51(48,49)45-42(47)35-17-11-12-18-37(35)50-34-15-9-6-10-16-34/h5-26H,4,27H2,1-3H3,(H,45,47). The molecule has 0 bridgehead atoms. The molecule has 0 aliphatic carbocycles. The summed E-state index contributed by atoms with van der Waals surface area (Å²) in [6.45, 7) is 6.68. The average Bonchev–Trinajstić information content (AvgIpc) is 3.49. The Balaban J connectivity index is 1.24. The van der Waals surface area contributed by atoms with Gasteiger partial charge in [-0.3, -0.25) is 4.79 Å². The number of hydrogen-bond acceptors (Lipinski definition) is 6. The van der Waals surface area contributed by atoms with Gasteiger partial charge in [-0.25, -0.2) is 23.1 Å². The summed E-state index contributed by atoms with van der Waals surface area (Å²) in [7, 11) is -4.34. The Bertz CT molecular complexity index is 2480. The van der Waals surface area contributed by atoms with Crippen molar-refractivity contribution in [2.45, 2.75) is 38.6 Å². The quantitative estimate of drug-likeness (QED) is 0.154. The van der Waals surface area contributed by atoms with Gasteiger partial charge >= 0.3 is 0 Å². The maximum Gasteiger partial charge on any atom is 0.268 e. The van der Waals surface area contributed by atoms with E-state index in [9.17, 15) is 13.2 Å². The van der Waals surface area contributed by atoms with Crippen LogP contribution in [0.2, 0.25) is 0 Å². The smallest absolute Gasteiger partial charge is 0.268 e. The van der Waals surface area contributed by atoms with E-state index in [4.69, 9.17) is 14.7 Å². The number of nitrogens with zero attached hydrogens (tertiary/aromatic N) is 3. The van der Waals surface area contributed by atoms with Crippen molar-refractivity contribution in [2.75, 3.05) is 0 Å². The molecule has 1 amide bonds. The van der Waals surface area contributed by atoms with Gasteiger partial charge in [0, 0.05) is 17.7 Å². The van der Waals surface area contributed by atoms with Crippen molar-refractivity contribution in [1.29, 1.82) is 0 Å². The van der Waals surface area contributed by atoms with Gasteiger partial charge in [0.15, 0.2) is 5.65 Å². The third-order valence-corrected chi connectivity index (χ3v) is 10.1. The highest BCUT2D eigenvalue weighted by Crippen LogP contribution is 2.34. The average molecular weight is 693 g/mol. The molecule has 0 fully saturated rings. The minimum absolute atomic E-state index is 0.0197. The number of benzene rings is 5. The monoisotopic (exact) mass is 692 g/mol. The maximum absolute atomic E-state index is 14.1. The molecule has 9 heteroatoms. The lowest BCUT2D eigenvalue weighted by Crippen LogP contribution is -2.31.